The van der Waals surface area contributed by atoms with Gasteiger partial charge in [-0.3, -0.25) is 4.79 Å². The Labute approximate surface area is 139 Å². The lowest BCUT2D eigenvalue weighted by atomic mass is 10.1. The number of hydrogen-bond donors (Lipinski definition) is 1. The van der Waals surface area contributed by atoms with Crippen LogP contribution in [0.5, 0.6) is 0 Å². The van der Waals surface area contributed by atoms with Crippen molar-refractivity contribution in [2.45, 2.75) is 33.1 Å². The molecule has 2 aromatic rings. The quantitative estimate of drug-likeness (QED) is 0.812. The maximum absolute atomic E-state index is 12.7. The summed E-state index contributed by atoms with van der Waals surface area (Å²) in [4.78, 5) is 20.1. The smallest absolute Gasteiger partial charge is 0.227 e. The SMILES string of the molecule is CCCN(CCCN(C)C)C(=O)Cc1c[nH]c2cc(C)ccc12. The molecule has 0 spiro atoms. The van der Waals surface area contributed by atoms with Gasteiger partial charge in [0.2, 0.25) is 5.91 Å². The first kappa shape index (κ1) is 17.5. The van der Waals surface area contributed by atoms with E-state index in [9.17, 15) is 4.79 Å². The van der Waals surface area contributed by atoms with Gasteiger partial charge >= 0.3 is 0 Å². The summed E-state index contributed by atoms with van der Waals surface area (Å²) in [6.07, 6.45) is 4.48. The number of hydrogen-bond acceptors (Lipinski definition) is 2. The number of H-pyrrole nitrogens is 1. The van der Waals surface area contributed by atoms with Gasteiger partial charge in [-0.15, -0.1) is 0 Å². The molecule has 126 valence electrons. The first-order valence-corrected chi connectivity index (χ1v) is 8.50. The third-order valence-corrected chi connectivity index (χ3v) is 4.14. The Kier molecular flexibility index (Phi) is 6.22. The van der Waals surface area contributed by atoms with E-state index in [2.05, 4.69) is 56.0 Å². The van der Waals surface area contributed by atoms with E-state index in [1.165, 1.54) is 5.56 Å². The Hall–Kier alpha value is -1.81. The number of aromatic amines is 1. The van der Waals surface area contributed by atoms with Crippen LogP contribution in [0.3, 0.4) is 0 Å². The summed E-state index contributed by atoms with van der Waals surface area (Å²) in [5.74, 6) is 0.229. The maximum Gasteiger partial charge on any atom is 0.227 e. The molecule has 0 radical (unpaired) electrons. The van der Waals surface area contributed by atoms with E-state index in [0.717, 1.165) is 48.9 Å². The zero-order chi connectivity index (χ0) is 16.8. The van der Waals surface area contributed by atoms with Crippen LogP contribution in [-0.4, -0.2) is 54.4 Å². The molecule has 0 aliphatic heterocycles. The van der Waals surface area contributed by atoms with Crippen molar-refractivity contribution in [3.05, 3.63) is 35.5 Å². The average Bonchev–Trinajstić information content (AvgIpc) is 2.88. The molecule has 1 heterocycles. The van der Waals surface area contributed by atoms with Crippen LogP contribution in [-0.2, 0) is 11.2 Å². The summed E-state index contributed by atoms with van der Waals surface area (Å²) in [6, 6.07) is 6.34. The molecular formula is C19H29N3O. The third kappa shape index (κ3) is 4.83. The Morgan fingerprint density at radius 3 is 2.65 bits per heavy atom. The summed E-state index contributed by atoms with van der Waals surface area (Å²) < 4.78 is 0. The zero-order valence-electron chi connectivity index (χ0n) is 14.9. The van der Waals surface area contributed by atoms with Crippen LogP contribution in [0.2, 0.25) is 0 Å². The molecule has 0 aliphatic carbocycles. The monoisotopic (exact) mass is 315 g/mol. The molecule has 0 saturated heterocycles. The van der Waals surface area contributed by atoms with Crippen LogP contribution in [0.1, 0.15) is 30.9 Å². The minimum absolute atomic E-state index is 0.229. The fraction of sp³-hybridized carbons (Fsp3) is 0.526. The number of nitrogens with zero attached hydrogens (tertiary/aromatic N) is 2. The summed E-state index contributed by atoms with van der Waals surface area (Å²) in [5.41, 5.74) is 3.44. The molecule has 23 heavy (non-hydrogen) atoms. The highest BCUT2D eigenvalue weighted by molar-refractivity contribution is 5.89. The second kappa shape index (κ2) is 8.16. The number of fused-ring (bicyclic) bond motifs is 1. The molecule has 1 N–H and O–H groups in total. The van der Waals surface area contributed by atoms with Crippen molar-refractivity contribution >= 4 is 16.8 Å². The minimum Gasteiger partial charge on any atom is -0.361 e. The number of rotatable bonds is 8. The van der Waals surface area contributed by atoms with Gasteiger partial charge in [0.25, 0.3) is 0 Å². The lowest BCUT2D eigenvalue weighted by Crippen LogP contribution is -2.35. The summed E-state index contributed by atoms with van der Waals surface area (Å²) in [5, 5.41) is 1.16. The van der Waals surface area contributed by atoms with Gasteiger partial charge in [-0.1, -0.05) is 19.1 Å². The molecule has 4 heteroatoms. The molecule has 0 unspecified atom stereocenters. The van der Waals surface area contributed by atoms with Crippen LogP contribution < -0.4 is 0 Å². The fourth-order valence-corrected chi connectivity index (χ4v) is 2.93. The fourth-order valence-electron chi connectivity index (χ4n) is 2.93. The lowest BCUT2D eigenvalue weighted by molar-refractivity contribution is -0.130. The van der Waals surface area contributed by atoms with Crippen LogP contribution in [0.4, 0.5) is 0 Å². The van der Waals surface area contributed by atoms with E-state index in [1.54, 1.807) is 0 Å². The molecule has 0 atom stereocenters. The first-order valence-electron chi connectivity index (χ1n) is 8.50. The molecular weight excluding hydrogens is 286 g/mol. The molecule has 0 saturated carbocycles. The van der Waals surface area contributed by atoms with E-state index in [4.69, 9.17) is 0 Å². The lowest BCUT2D eigenvalue weighted by Gasteiger charge is -2.23. The van der Waals surface area contributed by atoms with E-state index in [0.29, 0.717) is 6.42 Å². The van der Waals surface area contributed by atoms with Gasteiger partial charge in [0.1, 0.15) is 0 Å². The Morgan fingerprint density at radius 2 is 1.96 bits per heavy atom. The van der Waals surface area contributed by atoms with Crippen molar-refractivity contribution in [3.63, 3.8) is 0 Å². The van der Waals surface area contributed by atoms with Gasteiger partial charge in [0, 0.05) is 30.2 Å². The van der Waals surface area contributed by atoms with Crippen molar-refractivity contribution in [3.8, 4) is 0 Å². The van der Waals surface area contributed by atoms with Crippen molar-refractivity contribution in [1.82, 2.24) is 14.8 Å². The normalized spacial score (nSPS) is 11.3. The predicted molar refractivity (Wildman–Crippen MR) is 96.8 cm³/mol. The Morgan fingerprint density at radius 1 is 1.17 bits per heavy atom. The van der Waals surface area contributed by atoms with Crippen molar-refractivity contribution < 1.29 is 4.79 Å². The van der Waals surface area contributed by atoms with Crippen molar-refractivity contribution in [2.24, 2.45) is 0 Å². The Bertz CT molecular complexity index is 645. The first-order chi connectivity index (χ1) is 11.0. The van der Waals surface area contributed by atoms with Gasteiger partial charge < -0.3 is 14.8 Å². The largest absolute Gasteiger partial charge is 0.361 e. The van der Waals surface area contributed by atoms with Crippen LogP contribution in [0.15, 0.2) is 24.4 Å². The van der Waals surface area contributed by atoms with Gasteiger partial charge in [-0.2, -0.15) is 0 Å². The van der Waals surface area contributed by atoms with Crippen molar-refractivity contribution in [2.75, 3.05) is 33.7 Å². The predicted octanol–water partition coefficient (Wildman–Crippen LogP) is 3.21. The highest BCUT2D eigenvalue weighted by atomic mass is 16.2. The van der Waals surface area contributed by atoms with E-state index < -0.39 is 0 Å². The topological polar surface area (TPSA) is 39.3 Å². The summed E-state index contributed by atoms with van der Waals surface area (Å²) >= 11 is 0. The van der Waals surface area contributed by atoms with Gasteiger partial charge in [-0.25, -0.2) is 0 Å². The van der Waals surface area contributed by atoms with Crippen LogP contribution in [0, 0.1) is 6.92 Å². The number of carbonyl (C=O) groups is 1. The molecule has 1 amide bonds. The van der Waals surface area contributed by atoms with Crippen molar-refractivity contribution in [1.29, 1.82) is 0 Å². The van der Waals surface area contributed by atoms with Gasteiger partial charge in [0.05, 0.1) is 6.42 Å². The highest BCUT2D eigenvalue weighted by Crippen LogP contribution is 2.20. The summed E-state index contributed by atoms with van der Waals surface area (Å²) in [7, 11) is 4.14. The number of nitrogens with one attached hydrogen (secondary N) is 1. The minimum atomic E-state index is 0.229. The molecule has 0 fully saturated rings. The maximum atomic E-state index is 12.7. The number of carbonyl (C=O) groups excluding carboxylic acids is 1. The molecule has 2 rings (SSSR count). The third-order valence-electron chi connectivity index (χ3n) is 4.14. The van der Waals surface area contributed by atoms with Gasteiger partial charge in [0.15, 0.2) is 0 Å². The molecule has 0 aliphatic rings. The van der Waals surface area contributed by atoms with Crippen LogP contribution >= 0.6 is 0 Å². The second-order valence-electron chi connectivity index (χ2n) is 6.58. The average molecular weight is 315 g/mol. The highest BCUT2D eigenvalue weighted by Gasteiger charge is 2.15. The number of benzene rings is 1. The molecule has 1 aromatic heterocycles. The zero-order valence-corrected chi connectivity index (χ0v) is 14.9. The van der Waals surface area contributed by atoms with Gasteiger partial charge in [-0.05, 0) is 57.6 Å². The Balaban J connectivity index is 2.04. The standard InChI is InChI=1S/C19H29N3O/c1-5-9-22(11-6-10-21(3)4)19(23)13-16-14-20-18-12-15(2)7-8-17(16)18/h7-8,12,14,20H,5-6,9-11,13H2,1-4H3. The number of aromatic nitrogens is 1. The number of amides is 1. The second-order valence-corrected chi connectivity index (χ2v) is 6.58. The number of aryl methyl sites for hydroxylation is 1. The summed E-state index contributed by atoms with van der Waals surface area (Å²) in [6.45, 7) is 6.90. The van der Waals surface area contributed by atoms with E-state index >= 15 is 0 Å². The van der Waals surface area contributed by atoms with E-state index in [-0.39, 0.29) is 5.91 Å². The molecule has 4 nitrogen and oxygen atoms in total. The van der Waals surface area contributed by atoms with E-state index in [1.807, 2.05) is 11.1 Å². The molecule has 0 bridgehead atoms. The van der Waals surface area contributed by atoms with Crippen LogP contribution in [0.25, 0.3) is 10.9 Å². The molecule has 1 aromatic carbocycles.